The maximum atomic E-state index is 14.0. The maximum Gasteiger partial charge on any atom is 0.227 e. The zero-order valence-electron chi connectivity index (χ0n) is 14.1. The molecule has 3 aromatic rings. The average Bonchev–Trinajstić information content (AvgIpc) is 3.23. The predicted molar refractivity (Wildman–Crippen MR) is 94.6 cm³/mol. The molecule has 1 aliphatic rings. The van der Waals surface area contributed by atoms with Crippen molar-refractivity contribution in [2.75, 3.05) is 6.54 Å². The smallest absolute Gasteiger partial charge is 0.227 e. The van der Waals surface area contributed by atoms with Gasteiger partial charge in [-0.1, -0.05) is 18.2 Å². The largest absolute Gasteiger partial charge is 0.356 e. The fraction of sp³-hybridized carbons (Fsp3) is 0.300. The minimum atomic E-state index is -0.284. The highest BCUT2D eigenvalue weighted by molar-refractivity contribution is 5.90. The number of carbonyl (C=O) groups is 1. The van der Waals surface area contributed by atoms with Gasteiger partial charge in [0.25, 0.3) is 0 Å². The molecule has 4 nitrogen and oxygen atoms in total. The SMILES string of the molecule is Cc1[nH]c2c(F)cccc2c1CC(=O)N1CCC[C@H]1c1cccnc1. The van der Waals surface area contributed by atoms with Crippen LogP contribution in [0.15, 0.2) is 42.7 Å². The number of amides is 1. The number of pyridine rings is 1. The van der Waals surface area contributed by atoms with Crippen LogP contribution in [0, 0.1) is 12.7 Å². The van der Waals surface area contributed by atoms with Crippen LogP contribution in [0.5, 0.6) is 0 Å². The lowest BCUT2D eigenvalue weighted by atomic mass is 10.0. The van der Waals surface area contributed by atoms with E-state index in [1.54, 1.807) is 12.3 Å². The Kier molecular flexibility index (Phi) is 3.99. The number of fused-ring (bicyclic) bond motifs is 1. The van der Waals surface area contributed by atoms with Gasteiger partial charge >= 0.3 is 0 Å². The number of H-pyrrole nitrogens is 1. The first-order chi connectivity index (χ1) is 12.1. The minimum absolute atomic E-state index is 0.0830. The second-order valence-electron chi connectivity index (χ2n) is 6.60. The van der Waals surface area contributed by atoms with Crippen LogP contribution in [0.1, 0.15) is 35.7 Å². The molecular formula is C20H20FN3O. The Morgan fingerprint density at radius 2 is 2.24 bits per heavy atom. The molecular weight excluding hydrogens is 317 g/mol. The first-order valence-electron chi connectivity index (χ1n) is 8.60. The fourth-order valence-electron chi connectivity index (χ4n) is 3.83. The summed E-state index contributed by atoms with van der Waals surface area (Å²) in [5.74, 6) is -0.201. The summed E-state index contributed by atoms with van der Waals surface area (Å²) in [7, 11) is 0. The second-order valence-corrected chi connectivity index (χ2v) is 6.60. The normalized spacial score (nSPS) is 17.4. The number of hydrogen-bond donors (Lipinski definition) is 1. The molecule has 1 atom stereocenters. The van der Waals surface area contributed by atoms with Crippen molar-refractivity contribution in [2.45, 2.75) is 32.2 Å². The van der Waals surface area contributed by atoms with E-state index in [0.29, 0.717) is 5.52 Å². The third-order valence-corrected chi connectivity index (χ3v) is 5.07. The first-order valence-corrected chi connectivity index (χ1v) is 8.60. The Morgan fingerprint density at radius 1 is 1.36 bits per heavy atom. The van der Waals surface area contributed by atoms with E-state index in [0.717, 1.165) is 41.6 Å². The van der Waals surface area contributed by atoms with E-state index >= 15 is 0 Å². The molecule has 1 aromatic carbocycles. The summed E-state index contributed by atoms with van der Waals surface area (Å²) in [5.41, 5.74) is 3.30. The molecule has 3 heterocycles. The summed E-state index contributed by atoms with van der Waals surface area (Å²) >= 11 is 0. The number of benzene rings is 1. The number of rotatable bonds is 3. The summed E-state index contributed by atoms with van der Waals surface area (Å²) in [5, 5.41) is 0.794. The van der Waals surface area contributed by atoms with E-state index < -0.39 is 0 Å². The summed E-state index contributed by atoms with van der Waals surface area (Å²) in [4.78, 5) is 22.2. The first kappa shape index (κ1) is 15.8. The highest BCUT2D eigenvalue weighted by atomic mass is 19.1. The van der Waals surface area contributed by atoms with Crippen LogP contribution in [0.25, 0.3) is 10.9 Å². The second kappa shape index (κ2) is 6.31. The van der Waals surface area contributed by atoms with Crippen molar-refractivity contribution >= 4 is 16.8 Å². The minimum Gasteiger partial charge on any atom is -0.356 e. The molecule has 5 heteroatoms. The highest BCUT2D eigenvalue weighted by Gasteiger charge is 2.30. The molecule has 128 valence electrons. The van der Waals surface area contributed by atoms with E-state index in [1.165, 1.54) is 6.07 Å². The highest BCUT2D eigenvalue weighted by Crippen LogP contribution is 2.33. The lowest BCUT2D eigenvalue weighted by molar-refractivity contribution is -0.131. The molecule has 1 aliphatic heterocycles. The number of likely N-dealkylation sites (tertiary alicyclic amines) is 1. The predicted octanol–water partition coefficient (Wildman–Crippen LogP) is 3.92. The van der Waals surface area contributed by atoms with Crippen LogP contribution in [-0.2, 0) is 11.2 Å². The molecule has 25 heavy (non-hydrogen) atoms. The molecule has 0 spiro atoms. The average molecular weight is 337 g/mol. The van der Waals surface area contributed by atoms with Crippen molar-refractivity contribution in [1.29, 1.82) is 0 Å². The number of nitrogens with zero attached hydrogens (tertiary/aromatic N) is 2. The number of aryl methyl sites for hydroxylation is 1. The van der Waals surface area contributed by atoms with Crippen molar-refractivity contribution < 1.29 is 9.18 Å². The van der Waals surface area contributed by atoms with E-state index in [1.807, 2.05) is 36.2 Å². The fourth-order valence-corrected chi connectivity index (χ4v) is 3.83. The molecule has 0 radical (unpaired) electrons. The number of nitrogens with one attached hydrogen (secondary N) is 1. The van der Waals surface area contributed by atoms with Gasteiger partial charge in [-0.2, -0.15) is 0 Å². The van der Waals surface area contributed by atoms with Crippen LogP contribution in [0.3, 0.4) is 0 Å². The molecule has 0 saturated carbocycles. The summed E-state index contributed by atoms with van der Waals surface area (Å²) in [6.07, 6.45) is 5.81. The standard InChI is InChI=1S/C20H20FN3O/c1-13-16(15-6-2-7-17(21)20(15)23-13)11-19(25)24-10-4-8-18(24)14-5-3-9-22-12-14/h2-3,5-7,9,12,18,23H,4,8,10-11H2,1H3/t18-/m0/s1. The Balaban J connectivity index is 1.62. The topological polar surface area (TPSA) is 49.0 Å². The number of para-hydroxylation sites is 1. The Bertz CT molecular complexity index is 919. The van der Waals surface area contributed by atoms with Crippen molar-refractivity contribution in [3.63, 3.8) is 0 Å². The van der Waals surface area contributed by atoms with Gasteiger partial charge in [0.15, 0.2) is 0 Å². The summed E-state index contributed by atoms with van der Waals surface area (Å²) in [6, 6.07) is 9.00. The number of carbonyl (C=O) groups excluding carboxylic acids is 1. The number of hydrogen-bond acceptors (Lipinski definition) is 2. The van der Waals surface area contributed by atoms with Crippen molar-refractivity contribution in [1.82, 2.24) is 14.9 Å². The molecule has 4 rings (SSSR count). The van der Waals surface area contributed by atoms with Crippen molar-refractivity contribution in [3.05, 3.63) is 65.4 Å². The Labute approximate surface area is 145 Å². The van der Waals surface area contributed by atoms with Crippen LogP contribution in [-0.4, -0.2) is 27.3 Å². The molecule has 0 unspecified atom stereocenters. The molecule has 1 N–H and O–H groups in total. The molecule has 0 aliphatic carbocycles. The number of aromatic nitrogens is 2. The van der Waals surface area contributed by atoms with Gasteiger partial charge in [-0.15, -0.1) is 0 Å². The lowest BCUT2D eigenvalue weighted by Crippen LogP contribution is -2.32. The van der Waals surface area contributed by atoms with Gasteiger partial charge in [-0.3, -0.25) is 9.78 Å². The van der Waals surface area contributed by atoms with Gasteiger partial charge in [0.05, 0.1) is 18.0 Å². The maximum absolute atomic E-state index is 14.0. The van der Waals surface area contributed by atoms with E-state index in [9.17, 15) is 9.18 Å². The van der Waals surface area contributed by atoms with E-state index in [2.05, 4.69) is 9.97 Å². The molecule has 0 bridgehead atoms. The Morgan fingerprint density at radius 3 is 3.04 bits per heavy atom. The van der Waals surface area contributed by atoms with Crippen LogP contribution in [0.4, 0.5) is 4.39 Å². The van der Waals surface area contributed by atoms with Gasteiger partial charge in [-0.05, 0) is 43.0 Å². The van der Waals surface area contributed by atoms with E-state index in [4.69, 9.17) is 0 Å². The number of aromatic amines is 1. The van der Waals surface area contributed by atoms with Crippen LogP contribution < -0.4 is 0 Å². The third-order valence-electron chi connectivity index (χ3n) is 5.07. The van der Waals surface area contributed by atoms with Gasteiger partial charge in [0.1, 0.15) is 5.82 Å². The van der Waals surface area contributed by atoms with Gasteiger partial charge < -0.3 is 9.88 Å². The van der Waals surface area contributed by atoms with Gasteiger partial charge in [-0.25, -0.2) is 4.39 Å². The Hall–Kier alpha value is -2.69. The summed E-state index contributed by atoms with van der Waals surface area (Å²) < 4.78 is 14.0. The quantitative estimate of drug-likeness (QED) is 0.787. The summed E-state index contributed by atoms with van der Waals surface area (Å²) in [6.45, 7) is 2.65. The third kappa shape index (κ3) is 2.80. The zero-order chi connectivity index (χ0) is 17.4. The molecule has 1 fully saturated rings. The molecule has 1 saturated heterocycles. The van der Waals surface area contributed by atoms with Gasteiger partial charge in [0.2, 0.25) is 5.91 Å². The monoisotopic (exact) mass is 337 g/mol. The molecule has 2 aromatic heterocycles. The van der Waals surface area contributed by atoms with Crippen LogP contribution >= 0.6 is 0 Å². The lowest BCUT2D eigenvalue weighted by Gasteiger charge is -2.25. The zero-order valence-corrected chi connectivity index (χ0v) is 14.1. The van der Waals surface area contributed by atoms with Crippen LogP contribution in [0.2, 0.25) is 0 Å². The number of halogens is 1. The van der Waals surface area contributed by atoms with Crippen molar-refractivity contribution in [2.24, 2.45) is 0 Å². The molecule has 1 amide bonds. The van der Waals surface area contributed by atoms with Gasteiger partial charge in [0, 0.05) is 30.0 Å². The van der Waals surface area contributed by atoms with E-state index in [-0.39, 0.29) is 24.2 Å². The van der Waals surface area contributed by atoms with Crippen molar-refractivity contribution in [3.8, 4) is 0 Å².